The van der Waals surface area contributed by atoms with Crippen molar-refractivity contribution in [1.29, 1.82) is 0 Å². The van der Waals surface area contributed by atoms with Gasteiger partial charge in [0.05, 0.1) is 14.2 Å². The van der Waals surface area contributed by atoms with E-state index in [1.165, 1.54) is 21.3 Å². The second kappa shape index (κ2) is 9.47. The molecule has 2 rings (SSSR count). The molecule has 0 fully saturated rings. The zero-order chi connectivity index (χ0) is 22.5. The van der Waals surface area contributed by atoms with Gasteiger partial charge in [0, 0.05) is 25.7 Å². The second-order valence-electron chi connectivity index (χ2n) is 8.33. The average Bonchev–Trinajstić information content (AvgIpc) is 3.04. The molecule has 1 aromatic rings. The van der Waals surface area contributed by atoms with Crippen LogP contribution in [0.1, 0.15) is 44.2 Å². The summed E-state index contributed by atoms with van der Waals surface area (Å²) in [6.07, 6.45) is -0.155. The molecule has 30 heavy (non-hydrogen) atoms. The summed E-state index contributed by atoms with van der Waals surface area (Å²) in [5.41, 5.74) is -0.669. The first-order valence-electron chi connectivity index (χ1n) is 9.83. The van der Waals surface area contributed by atoms with Crippen LogP contribution in [0.5, 0.6) is 0 Å². The van der Waals surface area contributed by atoms with Crippen LogP contribution in [0.25, 0.3) is 0 Å². The molecule has 8 nitrogen and oxygen atoms in total. The van der Waals surface area contributed by atoms with Crippen molar-refractivity contribution in [3.05, 3.63) is 35.4 Å². The van der Waals surface area contributed by atoms with E-state index in [2.05, 4.69) is 5.32 Å². The number of alkyl carbamates (subject to hydrolysis) is 1. The Bertz CT molecular complexity index is 768. The van der Waals surface area contributed by atoms with E-state index in [-0.39, 0.29) is 13.0 Å². The quantitative estimate of drug-likeness (QED) is 0.410. The van der Waals surface area contributed by atoms with Gasteiger partial charge in [0.2, 0.25) is 0 Å². The molecular formula is C22H31NO7. The van der Waals surface area contributed by atoms with Gasteiger partial charge in [-0.25, -0.2) is 4.79 Å². The lowest BCUT2D eigenvalue weighted by atomic mass is 9.68. The number of methoxy groups -OCH3 is 3. The van der Waals surface area contributed by atoms with Crippen molar-refractivity contribution >= 4 is 18.0 Å². The fraction of sp³-hybridized carbons (Fsp3) is 0.591. The summed E-state index contributed by atoms with van der Waals surface area (Å²) in [6.45, 7) is 5.42. The predicted molar refractivity (Wildman–Crippen MR) is 109 cm³/mol. The maximum absolute atomic E-state index is 13.1. The van der Waals surface area contributed by atoms with Crippen LogP contribution < -0.4 is 5.32 Å². The molecule has 0 heterocycles. The highest BCUT2D eigenvalue weighted by Crippen LogP contribution is 2.49. The van der Waals surface area contributed by atoms with Gasteiger partial charge < -0.3 is 24.3 Å². The van der Waals surface area contributed by atoms with Crippen molar-refractivity contribution in [3.63, 3.8) is 0 Å². The van der Waals surface area contributed by atoms with Gasteiger partial charge >= 0.3 is 18.0 Å². The van der Waals surface area contributed by atoms with Crippen LogP contribution in [0.15, 0.2) is 24.3 Å². The molecule has 1 aromatic carbocycles. The minimum absolute atomic E-state index is 0.0361. The number of benzene rings is 1. The Morgan fingerprint density at radius 1 is 1.03 bits per heavy atom. The van der Waals surface area contributed by atoms with Gasteiger partial charge in [-0.05, 0) is 44.7 Å². The molecule has 0 aromatic heterocycles. The number of carbonyl (C=O) groups excluding carboxylic acids is 3. The van der Waals surface area contributed by atoms with Crippen molar-refractivity contribution in [1.82, 2.24) is 5.32 Å². The van der Waals surface area contributed by atoms with E-state index in [0.717, 1.165) is 11.1 Å². The molecule has 0 saturated heterocycles. The van der Waals surface area contributed by atoms with Crippen LogP contribution in [0.4, 0.5) is 4.79 Å². The normalized spacial score (nSPS) is 18.3. The molecule has 0 aliphatic heterocycles. The van der Waals surface area contributed by atoms with Gasteiger partial charge in [0.1, 0.15) is 5.60 Å². The van der Waals surface area contributed by atoms with Crippen LogP contribution in [-0.4, -0.2) is 57.6 Å². The first-order valence-corrected chi connectivity index (χ1v) is 9.83. The van der Waals surface area contributed by atoms with E-state index in [1.54, 1.807) is 20.8 Å². The van der Waals surface area contributed by atoms with E-state index >= 15 is 0 Å². The third-order valence-corrected chi connectivity index (χ3v) is 5.27. The number of fused-ring (bicyclic) bond motifs is 1. The van der Waals surface area contributed by atoms with E-state index in [1.807, 2.05) is 24.3 Å². The second-order valence-corrected chi connectivity index (χ2v) is 8.33. The summed E-state index contributed by atoms with van der Waals surface area (Å²) >= 11 is 0. The van der Waals surface area contributed by atoms with Crippen LogP contribution >= 0.6 is 0 Å². The fourth-order valence-corrected chi connectivity index (χ4v) is 4.12. The summed E-state index contributed by atoms with van der Waals surface area (Å²) in [5.74, 6) is -2.18. The van der Waals surface area contributed by atoms with Gasteiger partial charge in [0.15, 0.2) is 5.41 Å². The minimum atomic E-state index is -1.69. The molecule has 8 heteroatoms. The van der Waals surface area contributed by atoms with Crippen molar-refractivity contribution < 1.29 is 33.3 Å². The number of ether oxygens (including phenoxy) is 4. The summed E-state index contributed by atoms with van der Waals surface area (Å²) in [6, 6.07) is 6.89. The van der Waals surface area contributed by atoms with Crippen LogP contribution in [0, 0.1) is 5.41 Å². The van der Waals surface area contributed by atoms with Gasteiger partial charge in [-0.15, -0.1) is 0 Å². The average molecular weight is 421 g/mol. The Hall–Kier alpha value is -2.61. The Kier molecular flexibility index (Phi) is 7.47. The number of amides is 1. The van der Waals surface area contributed by atoms with Crippen LogP contribution in [-0.2, 0) is 35.0 Å². The van der Waals surface area contributed by atoms with Gasteiger partial charge in [0.25, 0.3) is 0 Å². The first-order chi connectivity index (χ1) is 14.1. The zero-order valence-corrected chi connectivity index (χ0v) is 18.4. The predicted octanol–water partition coefficient (Wildman–Crippen LogP) is 2.59. The lowest BCUT2D eigenvalue weighted by Gasteiger charge is -2.37. The van der Waals surface area contributed by atoms with E-state index < -0.39 is 41.0 Å². The molecular weight excluding hydrogens is 390 g/mol. The minimum Gasteiger partial charge on any atom is -0.468 e. The zero-order valence-electron chi connectivity index (χ0n) is 18.4. The van der Waals surface area contributed by atoms with Crippen molar-refractivity contribution in [2.45, 2.75) is 51.2 Å². The van der Waals surface area contributed by atoms with Crippen molar-refractivity contribution in [2.75, 3.05) is 27.9 Å². The smallest absolute Gasteiger partial charge is 0.407 e. The monoisotopic (exact) mass is 421 g/mol. The SMILES string of the molecule is COCCC(C(=O)OC)(C(=O)OC)[C@@H]1c2ccccc2C[C@H]1NC(=O)OC(C)(C)C. The molecule has 0 unspecified atom stereocenters. The van der Waals surface area contributed by atoms with Crippen LogP contribution in [0.2, 0.25) is 0 Å². The number of rotatable bonds is 7. The number of hydrogen-bond acceptors (Lipinski definition) is 7. The van der Waals surface area contributed by atoms with E-state index in [0.29, 0.717) is 6.42 Å². The summed E-state index contributed by atoms with van der Waals surface area (Å²) < 4.78 is 20.7. The van der Waals surface area contributed by atoms with E-state index in [4.69, 9.17) is 18.9 Å². The molecule has 0 bridgehead atoms. The van der Waals surface area contributed by atoms with Gasteiger partial charge in [-0.2, -0.15) is 0 Å². The highest BCUT2D eigenvalue weighted by Gasteiger charge is 2.59. The lowest BCUT2D eigenvalue weighted by molar-refractivity contribution is -0.173. The molecule has 1 aliphatic rings. The third-order valence-electron chi connectivity index (χ3n) is 5.27. The molecule has 166 valence electrons. The number of carbonyl (C=O) groups is 3. The molecule has 1 N–H and O–H groups in total. The maximum atomic E-state index is 13.1. The topological polar surface area (TPSA) is 100 Å². The number of hydrogen-bond donors (Lipinski definition) is 1. The molecule has 2 atom stereocenters. The molecule has 1 aliphatic carbocycles. The molecule has 0 radical (unpaired) electrons. The summed E-state index contributed by atoms with van der Waals surface area (Å²) in [5, 5.41) is 2.85. The molecule has 1 amide bonds. The number of esters is 2. The Morgan fingerprint density at radius 2 is 1.63 bits per heavy atom. The standard InChI is InChI=1S/C22H31NO7/c1-21(2,3)30-20(26)23-16-13-14-9-7-8-10-15(14)17(16)22(11-12-27-4,18(24)28-5)19(25)29-6/h7-10,16-17H,11-13H2,1-6H3,(H,23,26)/t16-,17-/m1/s1. The van der Waals surface area contributed by atoms with Gasteiger partial charge in [-0.3, -0.25) is 9.59 Å². The maximum Gasteiger partial charge on any atom is 0.407 e. The number of nitrogens with one attached hydrogen (secondary N) is 1. The highest BCUT2D eigenvalue weighted by molar-refractivity contribution is 6.01. The van der Waals surface area contributed by atoms with Crippen molar-refractivity contribution in [2.24, 2.45) is 5.41 Å². The van der Waals surface area contributed by atoms with Crippen LogP contribution in [0.3, 0.4) is 0 Å². The largest absolute Gasteiger partial charge is 0.468 e. The lowest BCUT2D eigenvalue weighted by Crippen LogP contribution is -2.53. The Labute approximate surface area is 177 Å². The Morgan fingerprint density at radius 3 is 2.17 bits per heavy atom. The molecule has 0 spiro atoms. The first kappa shape index (κ1) is 23.7. The summed E-state index contributed by atoms with van der Waals surface area (Å²) in [7, 11) is 3.94. The Balaban J connectivity index is 2.58. The van der Waals surface area contributed by atoms with E-state index in [9.17, 15) is 14.4 Å². The molecule has 0 saturated carbocycles. The highest BCUT2D eigenvalue weighted by atomic mass is 16.6. The third kappa shape index (κ3) is 4.75. The van der Waals surface area contributed by atoms with Crippen molar-refractivity contribution in [3.8, 4) is 0 Å². The fourth-order valence-electron chi connectivity index (χ4n) is 4.12. The van der Waals surface area contributed by atoms with Gasteiger partial charge in [-0.1, -0.05) is 24.3 Å². The summed E-state index contributed by atoms with van der Waals surface area (Å²) in [4.78, 5) is 38.7.